The number of aryl methyl sites for hydroxylation is 3. The molecule has 0 atom stereocenters. The zero-order valence-corrected chi connectivity index (χ0v) is 15.1. The molecular formula is C19H20N4O3. The SMILES string of the molecule is COc1cccc(C)c1Oc1nc(N)cc(-c2cc(C)c(=O)n(C)c2)n1. The number of para-hydroxylation sites is 1. The summed E-state index contributed by atoms with van der Waals surface area (Å²) in [6.45, 7) is 3.66. The Labute approximate surface area is 151 Å². The molecule has 0 fully saturated rings. The van der Waals surface area contributed by atoms with E-state index in [9.17, 15) is 4.79 Å². The van der Waals surface area contributed by atoms with Gasteiger partial charge in [-0.15, -0.1) is 0 Å². The van der Waals surface area contributed by atoms with Crippen LogP contribution in [0, 0.1) is 13.8 Å². The van der Waals surface area contributed by atoms with Gasteiger partial charge in [0.25, 0.3) is 5.56 Å². The molecule has 0 saturated heterocycles. The van der Waals surface area contributed by atoms with Crippen LogP contribution in [0.2, 0.25) is 0 Å². The van der Waals surface area contributed by atoms with Crippen molar-refractivity contribution in [3.8, 4) is 28.8 Å². The van der Waals surface area contributed by atoms with Gasteiger partial charge in [0, 0.05) is 30.4 Å². The number of benzene rings is 1. The standard InChI is InChI=1S/C19H20N4O3/c1-11-6-5-7-15(25-4)17(11)26-19-21-14(9-16(20)22-19)13-8-12(2)18(24)23(3)10-13/h5-10H,1-4H3,(H2,20,21,22). The summed E-state index contributed by atoms with van der Waals surface area (Å²) in [5, 5.41) is 0. The molecular weight excluding hydrogens is 332 g/mol. The number of nitrogen functional groups attached to an aromatic ring is 1. The Morgan fingerprint density at radius 1 is 1.12 bits per heavy atom. The highest BCUT2D eigenvalue weighted by Crippen LogP contribution is 2.34. The van der Waals surface area contributed by atoms with Crippen LogP contribution in [0.3, 0.4) is 0 Å². The normalized spacial score (nSPS) is 10.6. The van der Waals surface area contributed by atoms with Crippen molar-refractivity contribution in [1.82, 2.24) is 14.5 Å². The molecule has 3 rings (SSSR count). The van der Waals surface area contributed by atoms with Gasteiger partial charge in [-0.25, -0.2) is 0 Å². The summed E-state index contributed by atoms with van der Waals surface area (Å²) in [4.78, 5) is 20.5. The van der Waals surface area contributed by atoms with Crippen LogP contribution in [-0.4, -0.2) is 21.6 Å². The number of anilines is 1. The average molecular weight is 352 g/mol. The molecule has 0 spiro atoms. The van der Waals surface area contributed by atoms with Crippen molar-refractivity contribution in [2.75, 3.05) is 12.8 Å². The van der Waals surface area contributed by atoms with Gasteiger partial charge in [-0.1, -0.05) is 12.1 Å². The third kappa shape index (κ3) is 3.37. The van der Waals surface area contributed by atoms with Crippen LogP contribution in [0.4, 0.5) is 5.82 Å². The number of aromatic nitrogens is 3. The summed E-state index contributed by atoms with van der Waals surface area (Å²) in [7, 11) is 3.26. The zero-order chi connectivity index (χ0) is 18.8. The third-order valence-corrected chi connectivity index (χ3v) is 3.97. The number of rotatable bonds is 4. The Morgan fingerprint density at radius 3 is 2.58 bits per heavy atom. The van der Waals surface area contributed by atoms with Gasteiger partial charge in [0.2, 0.25) is 0 Å². The molecule has 0 aliphatic carbocycles. The molecule has 0 radical (unpaired) electrons. The first kappa shape index (κ1) is 17.5. The fourth-order valence-corrected chi connectivity index (χ4v) is 2.66. The second kappa shape index (κ2) is 6.87. The summed E-state index contributed by atoms with van der Waals surface area (Å²) >= 11 is 0. The summed E-state index contributed by atoms with van der Waals surface area (Å²) < 4.78 is 12.7. The molecule has 26 heavy (non-hydrogen) atoms. The lowest BCUT2D eigenvalue weighted by Crippen LogP contribution is -2.18. The Bertz CT molecular complexity index is 1000. The van der Waals surface area contributed by atoms with Crippen LogP contribution >= 0.6 is 0 Å². The third-order valence-electron chi connectivity index (χ3n) is 3.97. The molecule has 3 aromatic rings. The van der Waals surface area contributed by atoms with Crippen LogP contribution in [0.1, 0.15) is 11.1 Å². The number of pyridine rings is 1. The van der Waals surface area contributed by atoms with Crippen molar-refractivity contribution in [3.63, 3.8) is 0 Å². The van der Waals surface area contributed by atoms with Gasteiger partial charge in [0.1, 0.15) is 5.82 Å². The number of nitrogens with two attached hydrogens (primary N) is 1. The summed E-state index contributed by atoms with van der Waals surface area (Å²) in [5.74, 6) is 1.38. The van der Waals surface area contributed by atoms with Crippen LogP contribution < -0.4 is 20.8 Å². The van der Waals surface area contributed by atoms with Gasteiger partial charge in [-0.05, 0) is 31.5 Å². The fraction of sp³-hybridized carbons (Fsp3) is 0.211. The highest BCUT2D eigenvalue weighted by Gasteiger charge is 2.13. The molecule has 7 heteroatoms. The molecule has 134 valence electrons. The maximum absolute atomic E-state index is 11.9. The Hall–Kier alpha value is -3.35. The molecule has 0 aliphatic heterocycles. The van der Waals surface area contributed by atoms with E-state index in [0.29, 0.717) is 22.8 Å². The van der Waals surface area contributed by atoms with Crippen molar-refractivity contribution in [3.05, 3.63) is 58.0 Å². The molecule has 0 bridgehead atoms. The largest absolute Gasteiger partial charge is 0.493 e. The van der Waals surface area contributed by atoms with Crippen molar-refractivity contribution in [1.29, 1.82) is 0 Å². The van der Waals surface area contributed by atoms with Gasteiger partial charge < -0.3 is 19.8 Å². The lowest BCUT2D eigenvalue weighted by atomic mass is 10.1. The van der Waals surface area contributed by atoms with E-state index < -0.39 is 0 Å². The molecule has 1 aromatic carbocycles. The Balaban J connectivity index is 2.06. The van der Waals surface area contributed by atoms with Crippen molar-refractivity contribution >= 4 is 5.82 Å². The number of methoxy groups -OCH3 is 1. The van der Waals surface area contributed by atoms with Crippen molar-refractivity contribution in [2.45, 2.75) is 13.8 Å². The lowest BCUT2D eigenvalue weighted by molar-refractivity contribution is 0.366. The second-order valence-electron chi connectivity index (χ2n) is 6.00. The second-order valence-corrected chi connectivity index (χ2v) is 6.00. The van der Waals surface area contributed by atoms with E-state index >= 15 is 0 Å². The monoisotopic (exact) mass is 352 g/mol. The van der Waals surface area contributed by atoms with E-state index in [1.807, 2.05) is 19.1 Å². The van der Waals surface area contributed by atoms with Gasteiger partial charge in [-0.3, -0.25) is 4.79 Å². The number of ether oxygens (including phenoxy) is 2. The highest BCUT2D eigenvalue weighted by atomic mass is 16.5. The average Bonchev–Trinajstić information content (AvgIpc) is 2.60. The smallest absolute Gasteiger partial charge is 0.324 e. The molecule has 0 aliphatic rings. The van der Waals surface area contributed by atoms with Crippen LogP contribution in [-0.2, 0) is 7.05 Å². The Kier molecular flexibility index (Phi) is 4.62. The van der Waals surface area contributed by atoms with Crippen LogP contribution in [0.15, 0.2) is 41.3 Å². The van der Waals surface area contributed by atoms with Gasteiger partial charge in [0.05, 0.1) is 12.8 Å². The van der Waals surface area contributed by atoms with Crippen molar-refractivity contribution in [2.24, 2.45) is 7.05 Å². The number of nitrogens with zero attached hydrogens (tertiary/aromatic N) is 3. The molecule has 2 heterocycles. The van der Waals surface area contributed by atoms with E-state index in [4.69, 9.17) is 15.2 Å². The fourth-order valence-electron chi connectivity index (χ4n) is 2.66. The van der Waals surface area contributed by atoms with Crippen molar-refractivity contribution < 1.29 is 9.47 Å². The first-order valence-corrected chi connectivity index (χ1v) is 8.02. The lowest BCUT2D eigenvalue weighted by Gasteiger charge is -2.13. The minimum atomic E-state index is -0.0584. The predicted octanol–water partition coefficient (Wildman–Crippen LogP) is 2.84. The van der Waals surface area contributed by atoms with Gasteiger partial charge in [-0.2, -0.15) is 9.97 Å². The number of hydrogen-bond donors (Lipinski definition) is 1. The molecule has 0 unspecified atom stereocenters. The van der Waals surface area contributed by atoms with Crippen LogP contribution in [0.5, 0.6) is 17.5 Å². The Morgan fingerprint density at radius 2 is 1.88 bits per heavy atom. The topological polar surface area (TPSA) is 92.3 Å². The van der Waals surface area contributed by atoms with E-state index in [0.717, 1.165) is 11.1 Å². The highest BCUT2D eigenvalue weighted by molar-refractivity contribution is 5.62. The first-order valence-electron chi connectivity index (χ1n) is 8.02. The minimum Gasteiger partial charge on any atom is -0.493 e. The first-order chi connectivity index (χ1) is 12.4. The molecule has 2 N–H and O–H groups in total. The summed E-state index contributed by atoms with van der Waals surface area (Å²) in [6, 6.07) is 9.09. The van der Waals surface area contributed by atoms with E-state index in [1.54, 1.807) is 45.5 Å². The molecule has 0 amide bonds. The summed E-state index contributed by atoms with van der Waals surface area (Å²) in [5.41, 5.74) is 8.69. The molecule has 2 aromatic heterocycles. The van der Waals surface area contributed by atoms with Gasteiger partial charge in [0.15, 0.2) is 11.5 Å². The maximum atomic E-state index is 11.9. The zero-order valence-electron chi connectivity index (χ0n) is 15.1. The summed E-state index contributed by atoms with van der Waals surface area (Å²) in [6.07, 6.45) is 1.70. The predicted molar refractivity (Wildman–Crippen MR) is 99.7 cm³/mol. The minimum absolute atomic E-state index is 0.0584. The van der Waals surface area contributed by atoms with E-state index in [2.05, 4.69) is 9.97 Å². The molecule has 0 saturated carbocycles. The van der Waals surface area contributed by atoms with E-state index in [-0.39, 0.29) is 17.4 Å². The molecule has 7 nitrogen and oxygen atoms in total. The maximum Gasteiger partial charge on any atom is 0.324 e. The van der Waals surface area contributed by atoms with E-state index in [1.165, 1.54) is 4.57 Å². The quantitative estimate of drug-likeness (QED) is 0.776. The number of hydrogen-bond acceptors (Lipinski definition) is 6. The van der Waals surface area contributed by atoms with Crippen LogP contribution in [0.25, 0.3) is 11.3 Å². The van der Waals surface area contributed by atoms with Gasteiger partial charge >= 0.3 is 6.01 Å².